The molecule has 0 unspecified atom stereocenters. The first-order valence-corrected chi connectivity index (χ1v) is 9.01. The number of rotatable bonds is 4. The summed E-state index contributed by atoms with van der Waals surface area (Å²) in [5.74, 6) is -0.722. The zero-order valence-electron chi connectivity index (χ0n) is 16.0. The number of nitrogens with one attached hydrogen (secondary N) is 1. The first kappa shape index (κ1) is 18.9. The molecule has 0 saturated carbocycles. The Morgan fingerprint density at radius 2 is 1.89 bits per heavy atom. The third kappa shape index (κ3) is 3.79. The van der Waals surface area contributed by atoms with Crippen molar-refractivity contribution in [1.82, 2.24) is 9.36 Å². The van der Waals surface area contributed by atoms with E-state index in [4.69, 9.17) is 0 Å². The Labute approximate surface area is 157 Å². The fourth-order valence-electron chi connectivity index (χ4n) is 3.26. The van der Waals surface area contributed by atoms with E-state index in [1.807, 2.05) is 52.0 Å². The van der Waals surface area contributed by atoms with Crippen LogP contribution in [0.5, 0.6) is 0 Å². The molecule has 3 aromatic rings. The molecule has 0 aliphatic carbocycles. The Balaban J connectivity index is 2.01. The van der Waals surface area contributed by atoms with Crippen LogP contribution in [-0.2, 0) is 23.3 Å². The van der Waals surface area contributed by atoms with Crippen LogP contribution in [0.3, 0.4) is 0 Å². The number of fused-ring (bicyclic) bond motifs is 1. The molecule has 0 radical (unpaired) electrons. The molecular formula is C21H24FN3O2. The van der Waals surface area contributed by atoms with Gasteiger partial charge in [0.05, 0.1) is 16.4 Å². The Morgan fingerprint density at radius 3 is 2.56 bits per heavy atom. The smallest absolute Gasteiger partial charge is 0.275 e. The number of amides is 1. The molecule has 0 fully saturated rings. The minimum atomic E-state index is -0.561. The van der Waals surface area contributed by atoms with Crippen molar-refractivity contribution in [3.05, 3.63) is 64.2 Å². The second kappa shape index (κ2) is 7.02. The van der Waals surface area contributed by atoms with Crippen molar-refractivity contribution >= 4 is 22.5 Å². The van der Waals surface area contributed by atoms with Gasteiger partial charge in [-0.05, 0) is 63.1 Å². The number of nitrogens with zero attached hydrogens (tertiary/aromatic N) is 2. The van der Waals surface area contributed by atoms with Crippen LogP contribution < -0.4 is 10.9 Å². The van der Waals surface area contributed by atoms with Gasteiger partial charge < -0.3 is 5.32 Å². The summed E-state index contributed by atoms with van der Waals surface area (Å²) in [5, 5.41) is 3.26. The third-order valence-electron chi connectivity index (χ3n) is 4.45. The molecule has 5 nitrogen and oxygen atoms in total. The SMILES string of the molecule is CCc1cccc(NC(=O)Cn2c3cc(F)ccc3c(=O)n2C(C)(C)C)c1. The van der Waals surface area contributed by atoms with E-state index in [1.54, 1.807) is 4.68 Å². The molecule has 0 bridgehead atoms. The Bertz CT molecular complexity index is 1060. The number of carbonyl (C=O) groups is 1. The lowest BCUT2D eigenvalue weighted by molar-refractivity contribution is -0.117. The molecule has 27 heavy (non-hydrogen) atoms. The van der Waals surface area contributed by atoms with Crippen molar-refractivity contribution in [1.29, 1.82) is 0 Å². The van der Waals surface area contributed by atoms with E-state index >= 15 is 0 Å². The van der Waals surface area contributed by atoms with E-state index in [0.29, 0.717) is 16.6 Å². The lowest BCUT2D eigenvalue weighted by atomic mass is 10.1. The lowest BCUT2D eigenvalue weighted by Crippen LogP contribution is -2.38. The van der Waals surface area contributed by atoms with E-state index < -0.39 is 11.4 Å². The molecule has 6 heteroatoms. The maximum atomic E-state index is 13.8. The molecular weight excluding hydrogens is 345 g/mol. The Hall–Kier alpha value is -2.89. The van der Waals surface area contributed by atoms with Crippen LogP contribution in [0.15, 0.2) is 47.3 Å². The first-order chi connectivity index (χ1) is 12.7. The summed E-state index contributed by atoms with van der Waals surface area (Å²) in [5.41, 5.74) is 1.43. The number of aromatic nitrogens is 2. The van der Waals surface area contributed by atoms with Gasteiger partial charge in [0.1, 0.15) is 12.4 Å². The standard InChI is InChI=1S/C21H24FN3O2/c1-5-14-7-6-8-16(11-14)23-19(26)13-24-18-12-15(22)9-10-17(18)20(27)25(24)21(2,3)4/h6-12H,5,13H2,1-4H3,(H,23,26). The van der Waals surface area contributed by atoms with Gasteiger partial charge in [-0.25, -0.2) is 9.07 Å². The molecule has 3 rings (SSSR count). The van der Waals surface area contributed by atoms with Crippen molar-refractivity contribution in [3.63, 3.8) is 0 Å². The summed E-state index contributed by atoms with van der Waals surface area (Å²) in [6.07, 6.45) is 0.870. The molecule has 0 saturated heterocycles. The van der Waals surface area contributed by atoms with Crippen LogP contribution in [0.25, 0.3) is 10.9 Å². The van der Waals surface area contributed by atoms with Crippen molar-refractivity contribution in [2.45, 2.75) is 46.2 Å². The number of benzene rings is 2. The molecule has 1 N–H and O–H groups in total. The lowest BCUT2D eigenvalue weighted by Gasteiger charge is -2.24. The average molecular weight is 369 g/mol. The zero-order chi connectivity index (χ0) is 19.8. The predicted octanol–water partition coefficient (Wildman–Crippen LogP) is 3.90. The maximum Gasteiger partial charge on any atom is 0.275 e. The van der Waals surface area contributed by atoms with Crippen molar-refractivity contribution in [2.75, 3.05) is 5.32 Å². The first-order valence-electron chi connectivity index (χ1n) is 9.01. The molecule has 1 amide bonds. The highest BCUT2D eigenvalue weighted by Crippen LogP contribution is 2.20. The number of hydrogen-bond donors (Lipinski definition) is 1. The molecule has 0 atom stereocenters. The largest absolute Gasteiger partial charge is 0.324 e. The van der Waals surface area contributed by atoms with E-state index in [-0.39, 0.29) is 18.0 Å². The van der Waals surface area contributed by atoms with Gasteiger partial charge in [-0.15, -0.1) is 0 Å². The summed E-state index contributed by atoms with van der Waals surface area (Å²) >= 11 is 0. The summed E-state index contributed by atoms with van der Waals surface area (Å²) in [7, 11) is 0. The molecule has 2 aromatic carbocycles. The number of aryl methyl sites for hydroxylation is 1. The monoisotopic (exact) mass is 369 g/mol. The summed E-state index contributed by atoms with van der Waals surface area (Å²) in [4.78, 5) is 25.5. The maximum absolute atomic E-state index is 13.8. The quantitative estimate of drug-likeness (QED) is 0.758. The van der Waals surface area contributed by atoms with E-state index in [2.05, 4.69) is 5.32 Å². The number of hydrogen-bond acceptors (Lipinski definition) is 2. The van der Waals surface area contributed by atoms with E-state index in [0.717, 1.165) is 12.0 Å². The van der Waals surface area contributed by atoms with Crippen LogP contribution in [0.2, 0.25) is 0 Å². The summed E-state index contributed by atoms with van der Waals surface area (Å²) < 4.78 is 16.9. The molecule has 0 spiro atoms. The van der Waals surface area contributed by atoms with Gasteiger partial charge >= 0.3 is 0 Å². The fourth-order valence-corrected chi connectivity index (χ4v) is 3.26. The second-order valence-electron chi connectivity index (χ2n) is 7.61. The van der Waals surface area contributed by atoms with Crippen molar-refractivity contribution in [3.8, 4) is 0 Å². The highest BCUT2D eigenvalue weighted by Gasteiger charge is 2.24. The third-order valence-corrected chi connectivity index (χ3v) is 4.45. The van der Waals surface area contributed by atoms with Crippen molar-refractivity contribution < 1.29 is 9.18 Å². The molecule has 0 aliphatic rings. The van der Waals surface area contributed by atoms with Crippen LogP contribution in [0.1, 0.15) is 33.3 Å². The number of anilines is 1. The van der Waals surface area contributed by atoms with Crippen molar-refractivity contribution in [2.24, 2.45) is 0 Å². The van der Waals surface area contributed by atoms with Gasteiger partial charge in [0.15, 0.2) is 0 Å². The predicted molar refractivity (Wildman–Crippen MR) is 106 cm³/mol. The summed E-state index contributed by atoms with van der Waals surface area (Å²) in [6.45, 7) is 7.59. The van der Waals surface area contributed by atoms with Gasteiger partial charge in [-0.1, -0.05) is 19.1 Å². The Kier molecular flexibility index (Phi) is 4.91. The van der Waals surface area contributed by atoms with Crippen LogP contribution in [-0.4, -0.2) is 15.3 Å². The van der Waals surface area contributed by atoms with E-state index in [1.165, 1.54) is 22.9 Å². The molecule has 1 aromatic heterocycles. The van der Waals surface area contributed by atoms with Gasteiger partial charge in [-0.3, -0.25) is 14.3 Å². The topological polar surface area (TPSA) is 56.0 Å². The van der Waals surface area contributed by atoms with Gasteiger partial charge in [0.25, 0.3) is 5.56 Å². The van der Waals surface area contributed by atoms with Gasteiger partial charge in [-0.2, -0.15) is 0 Å². The molecule has 142 valence electrons. The van der Waals surface area contributed by atoms with Gasteiger partial charge in [0.2, 0.25) is 5.91 Å². The van der Waals surface area contributed by atoms with Gasteiger partial charge in [0, 0.05) is 5.69 Å². The Morgan fingerprint density at radius 1 is 1.15 bits per heavy atom. The second-order valence-corrected chi connectivity index (χ2v) is 7.61. The minimum Gasteiger partial charge on any atom is -0.324 e. The van der Waals surface area contributed by atoms with Crippen LogP contribution in [0, 0.1) is 5.82 Å². The number of halogens is 1. The van der Waals surface area contributed by atoms with E-state index in [9.17, 15) is 14.0 Å². The number of carbonyl (C=O) groups excluding carboxylic acids is 1. The highest BCUT2D eigenvalue weighted by molar-refractivity contribution is 5.91. The zero-order valence-corrected chi connectivity index (χ0v) is 16.0. The molecule has 0 aliphatic heterocycles. The van der Waals surface area contributed by atoms with Crippen LogP contribution >= 0.6 is 0 Å². The average Bonchev–Trinajstić information content (AvgIpc) is 2.86. The normalized spacial score (nSPS) is 11.7. The van der Waals surface area contributed by atoms with Crippen LogP contribution in [0.4, 0.5) is 10.1 Å². The highest BCUT2D eigenvalue weighted by atomic mass is 19.1. The fraction of sp³-hybridized carbons (Fsp3) is 0.333. The summed E-state index contributed by atoms with van der Waals surface area (Å²) in [6, 6.07) is 11.6. The minimum absolute atomic E-state index is 0.0875. The molecule has 1 heterocycles.